The van der Waals surface area contributed by atoms with Gasteiger partial charge in [-0.15, -0.1) is 0 Å². The molecule has 4 N–H and O–H groups in total. The van der Waals surface area contributed by atoms with Crippen LogP contribution < -0.4 is 25.8 Å². The van der Waals surface area contributed by atoms with Gasteiger partial charge >= 0.3 is 6.01 Å². The zero-order valence-corrected chi connectivity index (χ0v) is 18.3. The molecular formula is C21H23N9O4. The topological polar surface area (TPSA) is 168 Å². The molecule has 0 aliphatic carbocycles. The molecule has 0 saturated heterocycles. The summed E-state index contributed by atoms with van der Waals surface area (Å²) in [6.45, 7) is 3.79. The fraction of sp³-hybridized carbons (Fsp3) is 0.238. The lowest BCUT2D eigenvalue weighted by molar-refractivity contribution is 0.0944. The molecule has 2 aromatic heterocycles. The summed E-state index contributed by atoms with van der Waals surface area (Å²) in [5, 5.41) is 24.5. The molecule has 0 fully saturated rings. The highest BCUT2D eigenvalue weighted by Crippen LogP contribution is 2.32. The maximum Gasteiger partial charge on any atom is 0.346 e. The van der Waals surface area contributed by atoms with Gasteiger partial charge in [-0.3, -0.25) is 4.79 Å². The van der Waals surface area contributed by atoms with Gasteiger partial charge in [0.15, 0.2) is 11.5 Å². The summed E-state index contributed by atoms with van der Waals surface area (Å²) in [4.78, 5) is 11.9. The van der Waals surface area contributed by atoms with Crippen molar-refractivity contribution in [2.24, 2.45) is 0 Å². The molecule has 13 nitrogen and oxygen atoms in total. The maximum atomic E-state index is 11.9. The van der Waals surface area contributed by atoms with Crippen molar-refractivity contribution in [3.8, 4) is 23.2 Å². The van der Waals surface area contributed by atoms with E-state index in [1.165, 1.54) is 4.68 Å². The van der Waals surface area contributed by atoms with Gasteiger partial charge in [0, 0.05) is 19.6 Å². The Morgan fingerprint density at radius 2 is 1.97 bits per heavy atom. The number of carbonyl (C=O) groups excluding carboxylic acids is 1. The Labute approximate surface area is 194 Å². The van der Waals surface area contributed by atoms with Crippen LogP contribution in [0.25, 0.3) is 5.69 Å². The van der Waals surface area contributed by atoms with Crippen molar-refractivity contribution in [3.05, 3.63) is 59.8 Å². The molecule has 2 heterocycles. The number of nitrogens with zero attached hydrogens (tertiary/aromatic N) is 6. The van der Waals surface area contributed by atoms with Crippen LogP contribution in [0.15, 0.2) is 53.2 Å². The van der Waals surface area contributed by atoms with E-state index in [9.17, 15) is 4.79 Å². The van der Waals surface area contributed by atoms with Crippen molar-refractivity contribution in [3.63, 3.8) is 0 Å². The molecule has 0 saturated carbocycles. The summed E-state index contributed by atoms with van der Waals surface area (Å²) < 4.78 is 17.6. The molecular weight excluding hydrogens is 442 g/mol. The number of nitrogen functional groups attached to an aromatic ring is 1. The summed E-state index contributed by atoms with van der Waals surface area (Å²) in [5.74, 6) is 0.558. The van der Waals surface area contributed by atoms with Crippen molar-refractivity contribution >= 4 is 11.7 Å². The summed E-state index contributed by atoms with van der Waals surface area (Å²) in [6.07, 6.45) is 0. The molecule has 1 amide bonds. The Kier molecular flexibility index (Phi) is 7.25. The van der Waals surface area contributed by atoms with Crippen molar-refractivity contribution in [2.75, 3.05) is 25.4 Å². The number of ether oxygens (including phenoxy) is 2. The first-order chi connectivity index (χ1) is 16.7. The van der Waals surface area contributed by atoms with Gasteiger partial charge in [-0.25, -0.2) is 4.63 Å². The minimum atomic E-state index is -0.446. The molecule has 0 aliphatic rings. The number of para-hydroxylation sites is 1. The number of carbonyl (C=O) groups is 1. The van der Waals surface area contributed by atoms with Crippen LogP contribution in [0.5, 0.6) is 17.5 Å². The van der Waals surface area contributed by atoms with E-state index >= 15 is 0 Å². The van der Waals surface area contributed by atoms with Crippen molar-refractivity contribution < 1.29 is 18.9 Å². The van der Waals surface area contributed by atoms with Crippen LogP contribution in [0.3, 0.4) is 0 Å². The minimum Gasteiger partial charge on any atom is -0.490 e. The lowest BCUT2D eigenvalue weighted by Gasteiger charge is -2.13. The molecule has 0 bridgehead atoms. The molecule has 4 rings (SSSR count). The van der Waals surface area contributed by atoms with E-state index in [4.69, 9.17) is 15.2 Å². The SMILES string of the molecule is CCOc1cc(CNCCNC(=O)c2nonc2N)ccc1Oc1nnnn1-c1ccccc1. The van der Waals surface area contributed by atoms with Gasteiger partial charge in [0.2, 0.25) is 11.5 Å². The zero-order valence-electron chi connectivity index (χ0n) is 18.3. The predicted molar refractivity (Wildman–Crippen MR) is 120 cm³/mol. The van der Waals surface area contributed by atoms with Crippen LogP contribution in [0.4, 0.5) is 5.82 Å². The Balaban J connectivity index is 1.34. The number of rotatable bonds is 11. The Morgan fingerprint density at radius 3 is 2.74 bits per heavy atom. The molecule has 0 aliphatic heterocycles. The molecule has 34 heavy (non-hydrogen) atoms. The first-order valence-electron chi connectivity index (χ1n) is 10.5. The van der Waals surface area contributed by atoms with Crippen LogP contribution in [-0.4, -0.2) is 56.1 Å². The number of nitrogens with one attached hydrogen (secondary N) is 2. The highest BCUT2D eigenvalue weighted by atomic mass is 16.6. The van der Waals surface area contributed by atoms with E-state index in [1.54, 1.807) is 6.07 Å². The van der Waals surface area contributed by atoms with Crippen LogP contribution in [-0.2, 0) is 6.54 Å². The van der Waals surface area contributed by atoms with Gasteiger partial charge in [-0.1, -0.05) is 29.4 Å². The fourth-order valence-electron chi connectivity index (χ4n) is 3.02. The van der Waals surface area contributed by atoms with Gasteiger partial charge in [0.25, 0.3) is 5.91 Å². The largest absolute Gasteiger partial charge is 0.490 e. The molecule has 2 aromatic carbocycles. The summed E-state index contributed by atoms with van der Waals surface area (Å²) in [6, 6.07) is 15.2. The van der Waals surface area contributed by atoms with Crippen molar-refractivity contribution in [1.82, 2.24) is 41.2 Å². The van der Waals surface area contributed by atoms with E-state index in [1.807, 2.05) is 49.4 Å². The van der Waals surface area contributed by atoms with E-state index < -0.39 is 5.91 Å². The molecule has 0 atom stereocenters. The van der Waals surface area contributed by atoms with Gasteiger partial charge in [-0.05, 0) is 57.5 Å². The number of tetrazole rings is 1. The zero-order chi connectivity index (χ0) is 23.8. The lowest BCUT2D eigenvalue weighted by atomic mass is 10.2. The third-order valence-corrected chi connectivity index (χ3v) is 4.60. The lowest BCUT2D eigenvalue weighted by Crippen LogP contribution is -2.32. The second-order valence-electron chi connectivity index (χ2n) is 6.96. The molecule has 0 spiro atoms. The highest BCUT2D eigenvalue weighted by Gasteiger charge is 2.16. The number of nitrogens with two attached hydrogens (primary N) is 1. The normalized spacial score (nSPS) is 10.7. The number of hydrogen-bond donors (Lipinski definition) is 3. The van der Waals surface area contributed by atoms with Crippen molar-refractivity contribution in [2.45, 2.75) is 13.5 Å². The average molecular weight is 465 g/mol. The van der Waals surface area contributed by atoms with Crippen LogP contribution in [0.1, 0.15) is 23.0 Å². The first-order valence-corrected chi connectivity index (χ1v) is 10.5. The third-order valence-electron chi connectivity index (χ3n) is 4.60. The summed E-state index contributed by atoms with van der Waals surface area (Å²) in [5.41, 5.74) is 7.21. The summed E-state index contributed by atoms with van der Waals surface area (Å²) in [7, 11) is 0. The number of hydrogen-bond acceptors (Lipinski definition) is 11. The van der Waals surface area contributed by atoms with Gasteiger partial charge in [-0.2, -0.15) is 4.68 Å². The second-order valence-corrected chi connectivity index (χ2v) is 6.96. The monoisotopic (exact) mass is 465 g/mol. The number of amides is 1. The van der Waals surface area contributed by atoms with Gasteiger partial charge in [0.1, 0.15) is 0 Å². The van der Waals surface area contributed by atoms with Crippen molar-refractivity contribution in [1.29, 1.82) is 0 Å². The smallest absolute Gasteiger partial charge is 0.346 e. The number of benzene rings is 2. The minimum absolute atomic E-state index is 0.0322. The Bertz CT molecular complexity index is 1230. The second kappa shape index (κ2) is 10.9. The van der Waals surface area contributed by atoms with Crippen LogP contribution >= 0.6 is 0 Å². The van der Waals surface area contributed by atoms with Gasteiger partial charge in [0.05, 0.1) is 12.3 Å². The Hall–Kier alpha value is -4.52. The van der Waals surface area contributed by atoms with Gasteiger partial charge < -0.3 is 25.8 Å². The highest BCUT2D eigenvalue weighted by molar-refractivity contribution is 5.95. The molecule has 176 valence electrons. The van der Waals surface area contributed by atoms with E-state index in [2.05, 4.69) is 41.1 Å². The number of aromatic nitrogens is 6. The third kappa shape index (κ3) is 5.45. The first kappa shape index (κ1) is 22.7. The molecule has 13 heteroatoms. The molecule has 0 unspecified atom stereocenters. The Morgan fingerprint density at radius 1 is 1.12 bits per heavy atom. The van der Waals surface area contributed by atoms with Crippen LogP contribution in [0.2, 0.25) is 0 Å². The van der Waals surface area contributed by atoms with E-state index in [0.29, 0.717) is 37.7 Å². The summed E-state index contributed by atoms with van der Waals surface area (Å²) >= 11 is 0. The number of anilines is 1. The predicted octanol–water partition coefficient (Wildman–Crippen LogP) is 1.34. The van der Waals surface area contributed by atoms with E-state index in [-0.39, 0.29) is 17.5 Å². The van der Waals surface area contributed by atoms with E-state index in [0.717, 1.165) is 11.3 Å². The van der Waals surface area contributed by atoms with Crippen LogP contribution in [0, 0.1) is 0 Å². The quantitative estimate of drug-likeness (QED) is 0.273. The fourth-order valence-corrected chi connectivity index (χ4v) is 3.02. The average Bonchev–Trinajstić information content (AvgIpc) is 3.50. The molecule has 0 radical (unpaired) electrons. The standard InChI is InChI=1S/C21H23N9O4/c1-2-32-17-12-14(13-23-10-11-24-20(31)18-19(22)27-34-26-18)8-9-16(17)33-21-25-28-29-30(21)15-6-4-3-5-7-15/h3-9,12,23H,2,10-11,13H2,1H3,(H2,22,27)(H,24,31). The molecule has 4 aromatic rings. The maximum absolute atomic E-state index is 11.9.